The van der Waals surface area contributed by atoms with E-state index in [1.165, 1.54) is 11.3 Å². The molecular formula is C18H24F3N3O2S. The smallest absolute Gasteiger partial charge is 0.349 e. The molecule has 0 aromatic carbocycles. The summed E-state index contributed by atoms with van der Waals surface area (Å²) < 4.78 is 38.7. The third-order valence-electron chi connectivity index (χ3n) is 5.37. The first-order chi connectivity index (χ1) is 12.8. The number of amides is 3. The van der Waals surface area contributed by atoms with Crippen LogP contribution < -0.4 is 10.6 Å². The molecule has 3 amide bonds. The Hall–Kier alpha value is -1.77. The fraction of sp³-hybridized carbons (Fsp3) is 0.667. The molecule has 0 radical (unpaired) electrons. The third-order valence-corrected chi connectivity index (χ3v) is 6.05. The molecule has 27 heavy (non-hydrogen) atoms. The molecule has 0 bridgehead atoms. The highest BCUT2D eigenvalue weighted by molar-refractivity contribution is 7.08. The Balaban J connectivity index is 1.42. The number of likely N-dealkylation sites (tertiary alicyclic amines) is 1. The second kappa shape index (κ2) is 8.50. The van der Waals surface area contributed by atoms with Gasteiger partial charge in [0.25, 0.3) is 5.91 Å². The van der Waals surface area contributed by atoms with Crippen molar-refractivity contribution < 1.29 is 22.8 Å². The molecular weight excluding hydrogens is 379 g/mol. The molecule has 2 N–H and O–H groups in total. The van der Waals surface area contributed by atoms with Crippen LogP contribution in [0.15, 0.2) is 16.8 Å². The summed E-state index contributed by atoms with van der Waals surface area (Å²) in [5.41, 5.74) is 0.636. The minimum atomic E-state index is -4.19. The molecule has 1 aliphatic heterocycles. The first-order valence-corrected chi connectivity index (χ1v) is 10.2. The Morgan fingerprint density at radius 1 is 1.07 bits per heavy atom. The molecule has 1 aromatic heterocycles. The highest BCUT2D eigenvalue weighted by Crippen LogP contribution is 2.37. The van der Waals surface area contributed by atoms with Crippen molar-refractivity contribution in [2.24, 2.45) is 5.92 Å². The number of rotatable bonds is 3. The number of thiophene rings is 1. The van der Waals surface area contributed by atoms with Gasteiger partial charge in [-0.05, 0) is 43.6 Å². The van der Waals surface area contributed by atoms with Gasteiger partial charge in [-0.1, -0.05) is 6.42 Å². The van der Waals surface area contributed by atoms with E-state index in [1.54, 1.807) is 16.3 Å². The Labute approximate surface area is 160 Å². The van der Waals surface area contributed by atoms with E-state index in [0.29, 0.717) is 44.3 Å². The van der Waals surface area contributed by atoms with Crippen LogP contribution in [0.25, 0.3) is 0 Å². The van der Waals surface area contributed by atoms with Crippen LogP contribution in [0.5, 0.6) is 0 Å². The van der Waals surface area contributed by atoms with Gasteiger partial charge in [0.2, 0.25) is 0 Å². The largest absolute Gasteiger partial charge is 0.391 e. The zero-order valence-electron chi connectivity index (χ0n) is 14.9. The molecule has 9 heteroatoms. The van der Waals surface area contributed by atoms with Gasteiger partial charge in [0.15, 0.2) is 0 Å². The van der Waals surface area contributed by atoms with E-state index in [-0.39, 0.29) is 30.8 Å². The quantitative estimate of drug-likeness (QED) is 0.807. The lowest BCUT2D eigenvalue weighted by Crippen LogP contribution is -2.52. The Morgan fingerprint density at radius 2 is 1.81 bits per heavy atom. The number of alkyl halides is 3. The maximum Gasteiger partial charge on any atom is 0.391 e. The number of urea groups is 1. The van der Waals surface area contributed by atoms with Gasteiger partial charge in [0.05, 0.1) is 5.92 Å². The molecule has 0 spiro atoms. The molecule has 1 aliphatic carbocycles. The van der Waals surface area contributed by atoms with Crippen molar-refractivity contribution >= 4 is 23.3 Å². The van der Waals surface area contributed by atoms with Crippen LogP contribution in [0.2, 0.25) is 0 Å². The van der Waals surface area contributed by atoms with Gasteiger partial charge >= 0.3 is 12.2 Å². The van der Waals surface area contributed by atoms with Crippen LogP contribution >= 0.6 is 11.3 Å². The first-order valence-electron chi connectivity index (χ1n) is 9.28. The lowest BCUT2D eigenvalue weighted by molar-refractivity contribution is -0.183. The van der Waals surface area contributed by atoms with Crippen molar-refractivity contribution in [3.8, 4) is 0 Å². The van der Waals surface area contributed by atoms with E-state index in [4.69, 9.17) is 0 Å². The number of halogens is 3. The zero-order valence-corrected chi connectivity index (χ0v) is 15.7. The van der Waals surface area contributed by atoms with Crippen LogP contribution in [0.1, 0.15) is 48.9 Å². The summed E-state index contributed by atoms with van der Waals surface area (Å²) in [4.78, 5) is 26.1. The van der Waals surface area contributed by atoms with Crippen molar-refractivity contribution in [1.29, 1.82) is 0 Å². The summed E-state index contributed by atoms with van der Waals surface area (Å²) >= 11 is 1.46. The standard InChI is InChI=1S/C18H24F3N3O2S/c19-18(20,21)13-2-1-3-15(10-13)23-17(26)24-7-4-14(5-8-24)22-16(25)12-6-9-27-11-12/h6,9,11,13-15H,1-5,7-8,10H2,(H,22,25)(H,23,26). The number of piperidine rings is 1. The number of nitrogens with one attached hydrogen (secondary N) is 2. The summed E-state index contributed by atoms with van der Waals surface area (Å²) in [6.45, 7) is 0.964. The molecule has 2 fully saturated rings. The van der Waals surface area contributed by atoms with Gasteiger partial charge in [0.1, 0.15) is 0 Å². The van der Waals surface area contributed by atoms with Crippen molar-refractivity contribution in [3.63, 3.8) is 0 Å². The lowest BCUT2D eigenvalue weighted by Gasteiger charge is -2.35. The third kappa shape index (κ3) is 5.37. The fourth-order valence-electron chi connectivity index (χ4n) is 3.77. The predicted octanol–water partition coefficient (Wildman–Crippen LogP) is 3.77. The van der Waals surface area contributed by atoms with Crippen molar-refractivity contribution in [2.75, 3.05) is 13.1 Å². The molecule has 2 aliphatic rings. The molecule has 1 aromatic rings. The first kappa shape index (κ1) is 20.0. The van der Waals surface area contributed by atoms with E-state index < -0.39 is 18.1 Å². The highest BCUT2D eigenvalue weighted by Gasteiger charge is 2.42. The van der Waals surface area contributed by atoms with Crippen molar-refractivity contribution in [1.82, 2.24) is 15.5 Å². The summed E-state index contributed by atoms with van der Waals surface area (Å²) in [6, 6.07) is 1.05. The van der Waals surface area contributed by atoms with E-state index in [2.05, 4.69) is 10.6 Å². The molecule has 1 saturated heterocycles. The number of nitrogens with zero attached hydrogens (tertiary/aromatic N) is 1. The molecule has 5 nitrogen and oxygen atoms in total. The van der Waals surface area contributed by atoms with Crippen molar-refractivity contribution in [3.05, 3.63) is 22.4 Å². The van der Waals surface area contributed by atoms with Gasteiger partial charge in [-0.2, -0.15) is 24.5 Å². The molecule has 1 saturated carbocycles. The maximum atomic E-state index is 12.9. The van der Waals surface area contributed by atoms with Crippen LogP contribution in [0, 0.1) is 5.92 Å². The number of hydrogen-bond donors (Lipinski definition) is 2. The van der Waals surface area contributed by atoms with Gasteiger partial charge in [-0.25, -0.2) is 4.79 Å². The Bertz CT molecular complexity index is 643. The monoisotopic (exact) mass is 403 g/mol. The van der Waals surface area contributed by atoms with E-state index in [0.717, 1.165) is 0 Å². The van der Waals surface area contributed by atoms with Crippen LogP contribution in [-0.2, 0) is 0 Å². The molecule has 150 valence electrons. The Morgan fingerprint density at radius 3 is 2.44 bits per heavy atom. The second-order valence-electron chi connectivity index (χ2n) is 7.30. The minimum absolute atomic E-state index is 0.00532. The summed E-state index contributed by atoms with van der Waals surface area (Å²) in [6.07, 6.45) is -1.74. The topological polar surface area (TPSA) is 61.4 Å². The highest BCUT2D eigenvalue weighted by atomic mass is 32.1. The van der Waals surface area contributed by atoms with Gasteiger partial charge in [0, 0.05) is 36.1 Å². The molecule has 2 heterocycles. The van der Waals surface area contributed by atoms with Gasteiger partial charge in [-0.15, -0.1) is 0 Å². The lowest BCUT2D eigenvalue weighted by atomic mass is 9.85. The van der Waals surface area contributed by atoms with E-state index in [9.17, 15) is 22.8 Å². The molecule has 3 rings (SSSR count). The van der Waals surface area contributed by atoms with E-state index in [1.807, 2.05) is 5.38 Å². The van der Waals surface area contributed by atoms with Crippen LogP contribution in [0.3, 0.4) is 0 Å². The predicted molar refractivity (Wildman–Crippen MR) is 96.7 cm³/mol. The number of hydrogen-bond acceptors (Lipinski definition) is 3. The van der Waals surface area contributed by atoms with E-state index >= 15 is 0 Å². The SMILES string of the molecule is O=C(NC1CCN(C(=O)NC2CCCC(C(F)(F)F)C2)CC1)c1ccsc1. The average molecular weight is 403 g/mol. The second-order valence-corrected chi connectivity index (χ2v) is 8.08. The fourth-order valence-corrected chi connectivity index (χ4v) is 4.41. The van der Waals surface area contributed by atoms with Gasteiger partial charge in [-0.3, -0.25) is 4.79 Å². The van der Waals surface area contributed by atoms with Gasteiger partial charge < -0.3 is 15.5 Å². The maximum absolute atomic E-state index is 12.9. The zero-order chi connectivity index (χ0) is 19.4. The average Bonchev–Trinajstić information content (AvgIpc) is 3.16. The number of carbonyl (C=O) groups excluding carboxylic acids is 2. The minimum Gasteiger partial charge on any atom is -0.349 e. The summed E-state index contributed by atoms with van der Waals surface area (Å²) in [5.74, 6) is -1.44. The molecule has 2 unspecified atom stereocenters. The van der Waals surface area contributed by atoms with Crippen molar-refractivity contribution in [2.45, 2.75) is 56.8 Å². The summed E-state index contributed by atoms with van der Waals surface area (Å²) in [5, 5.41) is 9.37. The van der Waals surface area contributed by atoms with Crippen LogP contribution in [0.4, 0.5) is 18.0 Å². The molecule has 2 atom stereocenters. The normalized spacial score (nSPS) is 24.5. The number of carbonyl (C=O) groups is 2. The Kier molecular flexibility index (Phi) is 6.29. The van der Waals surface area contributed by atoms with Crippen LogP contribution in [-0.4, -0.2) is 48.2 Å². The summed E-state index contributed by atoms with van der Waals surface area (Å²) in [7, 11) is 0.